The maximum absolute atomic E-state index is 12.0. The number of carbonyl (C=O) groups is 1. The van der Waals surface area contributed by atoms with Gasteiger partial charge >= 0.3 is 0 Å². The molecule has 0 heterocycles. The number of hydrogen-bond donors (Lipinski definition) is 0. The van der Waals surface area contributed by atoms with E-state index in [0.717, 1.165) is 25.9 Å². The number of Topliss-reactive ketones (excluding diaryl/α,β-unsaturated/α-hetero) is 1. The molecule has 0 bridgehead atoms. The lowest BCUT2D eigenvalue weighted by molar-refractivity contribution is -0.127. The molecule has 0 N–H and O–H groups in total. The standard InChI is InChI=1S/C13H25NO/c1-10(2)8-14(5)9-11-6-7-13(3,4)12(11)15/h10-11H,6-9H2,1-5H3. The Kier molecular flexibility index (Phi) is 3.93. The predicted molar refractivity (Wildman–Crippen MR) is 63.8 cm³/mol. The molecule has 0 aromatic rings. The maximum atomic E-state index is 12.0. The highest BCUT2D eigenvalue weighted by atomic mass is 16.1. The molecule has 2 nitrogen and oxygen atoms in total. The SMILES string of the molecule is CC(C)CN(C)CC1CCC(C)(C)C1=O. The molecule has 1 saturated carbocycles. The van der Waals surface area contributed by atoms with Crippen LogP contribution in [0.15, 0.2) is 0 Å². The molecule has 0 radical (unpaired) electrons. The van der Waals surface area contributed by atoms with Crippen LogP contribution in [-0.4, -0.2) is 30.8 Å². The Morgan fingerprint density at radius 1 is 1.47 bits per heavy atom. The molecule has 1 atom stereocenters. The van der Waals surface area contributed by atoms with Crippen LogP contribution in [0.4, 0.5) is 0 Å². The first kappa shape index (κ1) is 12.7. The van der Waals surface area contributed by atoms with Crippen molar-refractivity contribution in [1.82, 2.24) is 4.90 Å². The van der Waals surface area contributed by atoms with E-state index in [4.69, 9.17) is 0 Å². The van der Waals surface area contributed by atoms with E-state index in [2.05, 4.69) is 39.6 Å². The molecular formula is C13H25NO. The van der Waals surface area contributed by atoms with Gasteiger partial charge in [-0.05, 0) is 25.8 Å². The lowest BCUT2D eigenvalue weighted by Crippen LogP contribution is -2.33. The van der Waals surface area contributed by atoms with Gasteiger partial charge < -0.3 is 4.90 Å². The Hall–Kier alpha value is -0.370. The largest absolute Gasteiger partial charge is 0.305 e. The Morgan fingerprint density at radius 3 is 2.47 bits per heavy atom. The van der Waals surface area contributed by atoms with Gasteiger partial charge in [0.15, 0.2) is 0 Å². The molecule has 88 valence electrons. The Bertz CT molecular complexity index is 233. The highest BCUT2D eigenvalue weighted by Crippen LogP contribution is 2.37. The van der Waals surface area contributed by atoms with Crippen LogP contribution < -0.4 is 0 Å². The summed E-state index contributed by atoms with van der Waals surface area (Å²) in [4.78, 5) is 14.3. The van der Waals surface area contributed by atoms with Crippen LogP contribution in [0.1, 0.15) is 40.5 Å². The first-order valence-corrected chi connectivity index (χ1v) is 6.06. The zero-order chi connectivity index (χ0) is 11.6. The molecule has 0 amide bonds. The fourth-order valence-electron chi connectivity index (χ4n) is 2.59. The summed E-state index contributed by atoms with van der Waals surface area (Å²) in [7, 11) is 2.12. The summed E-state index contributed by atoms with van der Waals surface area (Å²) in [5.41, 5.74) is -0.0661. The maximum Gasteiger partial charge on any atom is 0.142 e. The normalized spacial score (nSPS) is 25.5. The average Bonchev–Trinajstić information content (AvgIpc) is 2.30. The van der Waals surface area contributed by atoms with Gasteiger partial charge in [0.05, 0.1) is 0 Å². The van der Waals surface area contributed by atoms with Gasteiger partial charge in [-0.3, -0.25) is 4.79 Å². The highest BCUT2D eigenvalue weighted by molar-refractivity contribution is 5.88. The summed E-state index contributed by atoms with van der Waals surface area (Å²) in [6.07, 6.45) is 2.14. The van der Waals surface area contributed by atoms with E-state index in [1.165, 1.54) is 0 Å². The molecule has 1 unspecified atom stereocenters. The second kappa shape index (κ2) is 4.65. The van der Waals surface area contributed by atoms with Gasteiger partial charge in [0.1, 0.15) is 5.78 Å². The van der Waals surface area contributed by atoms with Gasteiger partial charge in [-0.1, -0.05) is 27.7 Å². The van der Waals surface area contributed by atoms with Crippen molar-refractivity contribution in [3.8, 4) is 0 Å². The van der Waals surface area contributed by atoms with Gasteiger partial charge in [-0.2, -0.15) is 0 Å². The van der Waals surface area contributed by atoms with Crippen LogP contribution >= 0.6 is 0 Å². The second-order valence-electron chi connectivity index (χ2n) is 6.10. The molecular weight excluding hydrogens is 186 g/mol. The molecule has 0 aliphatic heterocycles. The van der Waals surface area contributed by atoms with Crippen LogP contribution in [0.5, 0.6) is 0 Å². The van der Waals surface area contributed by atoms with E-state index < -0.39 is 0 Å². The molecule has 1 rings (SSSR count). The van der Waals surface area contributed by atoms with E-state index in [1.807, 2.05) is 0 Å². The molecule has 0 aromatic heterocycles. The summed E-state index contributed by atoms with van der Waals surface area (Å²) in [5.74, 6) is 1.43. The number of carbonyl (C=O) groups excluding carboxylic acids is 1. The quantitative estimate of drug-likeness (QED) is 0.712. The Labute approximate surface area is 94.0 Å². The highest BCUT2D eigenvalue weighted by Gasteiger charge is 2.40. The molecule has 1 fully saturated rings. The number of rotatable bonds is 4. The minimum absolute atomic E-state index is 0.0661. The topological polar surface area (TPSA) is 20.3 Å². The van der Waals surface area contributed by atoms with E-state index in [9.17, 15) is 4.79 Å². The van der Waals surface area contributed by atoms with Gasteiger partial charge in [0.2, 0.25) is 0 Å². The minimum atomic E-state index is -0.0661. The lowest BCUT2D eigenvalue weighted by Gasteiger charge is -2.23. The fraction of sp³-hybridized carbons (Fsp3) is 0.923. The third-order valence-corrected chi connectivity index (χ3v) is 3.36. The second-order valence-corrected chi connectivity index (χ2v) is 6.10. The van der Waals surface area contributed by atoms with Crippen molar-refractivity contribution < 1.29 is 4.79 Å². The summed E-state index contributed by atoms with van der Waals surface area (Å²) in [6, 6.07) is 0. The third kappa shape index (κ3) is 3.30. The molecule has 1 aliphatic rings. The molecule has 2 heteroatoms. The summed E-state index contributed by atoms with van der Waals surface area (Å²) < 4.78 is 0. The van der Waals surface area contributed by atoms with E-state index >= 15 is 0 Å². The average molecular weight is 211 g/mol. The molecule has 0 spiro atoms. The van der Waals surface area contributed by atoms with Crippen molar-refractivity contribution in [3.05, 3.63) is 0 Å². The first-order chi connectivity index (χ1) is 6.83. The van der Waals surface area contributed by atoms with Crippen molar-refractivity contribution in [2.24, 2.45) is 17.3 Å². The summed E-state index contributed by atoms with van der Waals surface area (Å²) >= 11 is 0. The van der Waals surface area contributed by atoms with E-state index in [-0.39, 0.29) is 11.3 Å². The molecule has 0 aromatic carbocycles. The minimum Gasteiger partial charge on any atom is -0.305 e. The van der Waals surface area contributed by atoms with Crippen molar-refractivity contribution in [2.75, 3.05) is 20.1 Å². The molecule has 15 heavy (non-hydrogen) atoms. The molecule has 0 saturated heterocycles. The Morgan fingerprint density at radius 2 is 2.07 bits per heavy atom. The molecule has 1 aliphatic carbocycles. The van der Waals surface area contributed by atoms with E-state index in [0.29, 0.717) is 11.7 Å². The van der Waals surface area contributed by atoms with Crippen LogP contribution in [0.3, 0.4) is 0 Å². The summed E-state index contributed by atoms with van der Waals surface area (Å²) in [6.45, 7) is 10.6. The number of nitrogens with zero attached hydrogens (tertiary/aromatic N) is 1. The summed E-state index contributed by atoms with van der Waals surface area (Å²) in [5, 5.41) is 0. The van der Waals surface area contributed by atoms with Crippen molar-refractivity contribution in [1.29, 1.82) is 0 Å². The Balaban J connectivity index is 2.44. The monoisotopic (exact) mass is 211 g/mol. The van der Waals surface area contributed by atoms with Crippen LogP contribution in [-0.2, 0) is 4.79 Å². The number of hydrogen-bond acceptors (Lipinski definition) is 2. The van der Waals surface area contributed by atoms with E-state index in [1.54, 1.807) is 0 Å². The number of ketones is 1. The van der Waals surface area contributed by atoms with Crippen LogP contribution in [0.2, 0.25) is 0 Å². The van der Waals surface area contributed by atoms with Gasteiger partial charge in [-0.25, -0.2) is 0 Å². The zero-order valence-electron chi connectivity index (χ0n) is 10.8. The van der Waals surface area contributed by atoms with Crippen LogP contribution in [0.25, 0.3) is 0 Å². The van der Waals surface area contributed by atoms with Gasteiger partial charge in [-0.15, -0.1) is 0 Å². The predicted octanol–water partition coefficient (Wildman–Crippen LogP) is 2.58. The van der Waals surface area contributed by atoms with Crippen molar-refractivity contribution >= 4 is 5.78 Å². The smallest absolute Gasteiger partial charge is 0.142 e. The van der Waals surface area contributed by atoms with Crippen molar-refractivity contribution in [2.45, 2.75) is 40.5 Å². The van der Waals surface area contributed by atoms with Crippen molar-refractivity contribution in [3.63, 3.8) is 0 Å². The third-order valence-electron chi connectivity index (χ3n) is 3.36. The zero-order valence-corrected chi connectivity index (χ0v) is 10.8. The van der Waals surface area contributed by atoms with Crippen LogP contribution in [0, 0.1) is 17.3 Å². The van der Waals surface area contributed by atoms with Gasteiger partial charge in [0.25, 0.3) is 0 Å². The lowest BCUT2D eigenvalue weighted by atomic mass is 9.89. The fourth-order valence-corrected chi connectivity index (χ4v) is 2.59. The first-order valence-electron chi connectivity index (χ1n) is 6.06. The van der Waals surface area contributed by atoms with Gasteiger partial charge in [0, 0.05) is 24.4 Å².